The predicted molar refractivity (Wildman–Crippen MR) is 59.4 cm³/mol. The van der Waals surface area contributed by atoms with Crippen molar-refractivity contribution in [1.82, 2.24) is 5.32 Å². The molecule has 1 unspecified atom stereocenters. The lowest BCUT2D eigenvalue weighted by molar-refractivity contribution is -0.139. The van der Waals surface area contributed by atoms with E-state index < -0.39 is 53.2 Å². The number of carbonyl (C=O) groups is 1. The van der Waals surface area contributed by atoms with Crippen molar-refractivity contribution >= 4 is 5.97 Å². The topological polar surface area (TPSA) is 49.3 Å². The van der Waals surface area contributed by atoms with Crippen LogP contribution in [0.15, 0.2) is 0 Å². The highest BCUT2D eigenvalue weighted by Gasteiger charge is 2.26. The minimum atomic E-state index is -2.24. The van der Waals surface area contributed by atoms with Gasteiger partial charge in [0.05, 0.1) is 0 Å². The van der Waals surface area contributed by atoms with Crippen LogP contribution in [-0.2, 0) is 11.3 Å². The van der Waals surface area contributed by atoms with E-state index in [2.05, 4.69) is 5.32 Å². The number of aliphatic carboxylic acids is 1. The van der Waals surface area contributed by atoms with Gasteiger partial charge in [-0.2, -0.15) is 0 Å². The minimum absolute atomic E-state index is 0.157. The smallest absolute Gasteiger partial charge is 0.320 e. The van der Waals surface area contributed by atoms with E-state index in [0.717, 1.165) is 0 Å². The first-order valence-electron chi connectivity index (χ1n) is 5.77. The molecule has 0 spiro atoms. The standard InChI is InChI=1S/C12H12F5NO2/c1-2-3-6(12(19)20)18-4-5-7(13)9(15)11(17)10(16)8(5)14/h6,18H,2-4H2,1H3,(H,19,20). The van der Waals surface area contributed by atoms with Crippen LogP contribution >= 0.6 is 0 Å². The maximum absolute atomic E-state index is 13.3. The normalized spacial score (nSPS) is 12.5. The van der Waals surface area contributed by atoms with Crippen molar-refractivity contribution in [2.24, 2.45) is 0 Å². The molecule has 112 valence electrons. The zero-order chi connectivity index (χ0) is 15.4. The number of carboxylic acids is 1. The molecule has 20 heavy (non-hydrogen) atoms. The highest BCUT2D eigenvalue weighted by Crippen LogP contribution is 2.23. The number of hydrogen-bond acceptors (Lipinski definition) is 2. The summed E-state index contributed by atoms with van der Waals surface area (Å²) in [4.78, 5) is 10.8. The minimum Gasteiger partial charge on any atom is -0.480 e. The first-order valence-corrected chi connectivity index (χ1v) is 5.77. The van der Waals surface area contributed by atoms with Gasteiger partial charge in [0.15, 0.2) is 23.3 Å². The molecule has 0 amide bonds. The molecule has 0 bridgehead atoms. The van der Waals surface area contributed by atoms with Crippen LogP contribution in [0.5, 0.6) is 0 Å². The van der Waals surface area contributed by atoms with Crippen LogP contribution in [0.1, 0.15) is 25.3 Å². The van der Waals surface area contributed by atoms with Gasteiger partial charge in [-0.3, -0.25) is 4.79 Å². The molecule has 1 aromatic rings. The van der Waals surface area contributed by atoms with Crippen molar-refractivity contribution in [3.8, 4) is 0 Å². The molecule has 0 fully saturated rings. The molecule has 3 nitrogen and oxygen atoms in total. The molecule has 0 heterocycles. The van der Waals surface area contributed by atoms with Crippen molar-refractivity contribution in [2.75, 3.05) is 0 Å². The van der Waals surface area contributed by atoms with Gasteiger partial charge in [-0.15, -0.1) is 0 Å². The van der Waals surface area contributed by atoms with Crippen LogP contribution < -0.4 is 5.32 Å². The van der Waals surface area contributed by atoms with Gasteiger partial charge < -0.3 is 10.4 Å². The lowest BCUT2D eigenvalue weighted by atomic mass is 10.1. The monoisotopic (exact) mass is 297 g/mol. The zero-order valence-corrected chi connectivity index (χ0v) is 10.4. The molecule has 1 atom stereocenters. The number of carboxylic acid groups (broad SMARTS) is 1. The van der Waals surface area contributed by atoms with Crippen LogP contribution in [0, 0.1) is 29.1 Å². The van der Waals surface area contributed by atoms with E-state index in [1.54, 1.807) is 6.92 Å². The Labute approximate surface area is 111 Å². The lowest BCUT2D eigenvalue weighted by Crippen LogP contribution is -2.36. The van der Waals surface area contributed by atoms with Gasteiger partial charge in [-0.1, -0.05) is 13.3 Å². The third-order valence-corrected chi connectivity index (χ3v) is 2.70. The molecule has 0 radical (unpaired) electrons. The van der Waals surface area contributed by atoms with Crippen molar-refractivity contribution in [3.63, 3.8) is 0 Å². The number of benzene rings is 1. The Morgan fingerprint density at radius 3 is 1.90 bits per heavy atom. The molecule has 0 saturated carbocycles. The number of rotatable bonds is 6. The molecule has 8 heteroatoms. The average molecular weight is 297 g/mol. The largest absolute Gasteiger partial charge is 0.480 e. The second-order valence-electron chi connectivity index (χ2n) is 4.11. The third-order valence-electron chi connectivity index (χ3n) is 2.70. The average Bonchev–Trinajstić information content (AvgIpc) is 2.41. The molecular weight excluding hydrogens is 285 g/mol. The number of halogens is 5. The van der Waals surface area contributed by atoms with E-state index in [9.17, 15) is 26.7 Å². The lowest BCUT2D eigenvalue weighted by Gasteiger charge is -2.14. The van der Waals surface area contributed by atoms with Crippen LogP contribution in [0.4, 0.5) is 22.0 Å². The molecule has 1 aromatic carbocycles. The molecule has 0 aliphatic heterocycles. The van der Waals surface area contributed by atoms with Gasteiger partial charge in [0.1, 0.15) is 6.04 Å². The van der Waals surface area contributed by atoms with Gasteiger partial charge in [0.25, 0.3) is 0 Å². The van der Waals surface area contributed by atoms with Crippen LogP contribution in [-0.4, -0.2) is 17.1 Å². The van der Waals surface area contributed by atoms with Crippen molar-refractivity contribution < 1.29 is 31.9 Å². The van der Waals surface area contributed by atoms with E-state index >= 15 is 0 Å². The Morgan fingerprint density at radius 1 is 1.05 bits per heavy atom. The SMILES string of the molecule is CCCC(NCc1c(F)c(F)c(F)c(F)c1F)C(=O)O. The van der Waals surface area contributed by atoms with Crippen LogP contribution in [0.25, 0.3) is 0 Å². The van der Waals surface area contributed by atoms with Gasteiger partial charge in [-0.05, 0) is 6.42 Å². The Hall–Kier alpha value is -1.70. The summed E-state index contributed by atoms with van der Waals surface area (Å²) in [7, 11) is 0. The van der Waals surface area contributed by atoms with E-state index in [-0.39, 0.29) is 6.42 Å². The van der Waals surface area contributed by atoms with Crippen LogP contribution in [0.2, 0.25) is 0 Å². The first kappa shape index (κ1) is 16.4. The van der Waals surface area contributed by atoms with Gasteiger partial charge in [-0.25, -0.2) is 22.0 Å². The summed E-state index contributed by atoms with van der Waals surface area (Å²) in [5.74, 6) is -11.5. The van der Waals surface area contributed by atoms with Crippen molar-refractivity contribution in [3.05, 3.63) is 34.6 Å². The van der Waals surface area contributed by atoms with Gasteiger partial charge >= 0.3 is 5.97 Å². The van der Waals surface area contributed by atoms with Gasteiger partial charge in [0.2, 0.25) is 5.82 Å². The van der Waals surface area contributed by atoms with E-state index in [1.807, 2.05) is 0 Å². The quantitative estimate of drug-likeness (QED) is 0.482. The third kappa shape index (κ3) is 3.24. The van der Waals surface area contributed by atoms with Crippen LogP contribution in [0.3, 0.4) is 0 Å². The summed E-state index contributed by atoms with van der Waals surface area (Å²) >= 11 is 0. The summed E-state index contributed by atoms with van der Waals surface area (Å²) in [5, 5.41) is 11.1. The Balaban J connectivity index is 3.01. The summed E-state index contributed by atoms with van der Waals surface area (Å²) in [6.45, 7) is 0.915. The molecule has 0 saturated heterocycles. The first-order chi connectivity index (χ1) is 9.31. The summed E-state index contributed by atoms with van der Waals surface area (Å²) in [6, 6.07) is -1.13. The molecule has 1 rings (SSSR count). The van der Waals surface area contributed by atoms with E-state index in [1.165, 1.54) is 0 Å². The van der Waals surface area contributed by atoms with Crippen molar-refractivity contribution in [1.29, 1.82) is 0 Å². The van der Waals surface area contributed by atoms with Gasteiger partial charge in [0, 0.05) is 12.1 Å². The van der Waals surface area contributed by atoms with Crippen molar-refractivity contribution in [2.45, 2.75) is 32.4 Å². The summed E-state index contributed by atoms with van der Waals surface area (Å²) < 4.78 is 65.3. The maximum Gasteiger partial charge on any atom is 0.320 e. The fourth-order valence-electron chi connectivity index (χ4n) is 1.63. The Morgan fingerprint density at radius 2 is 1.50 bits per heavy atom. The molecule has 0 aliphatic carbocycles. The number of nitrogens with one attached hydrogen (secondary N) is 1. The Bertz CT molecular complexity index is 492. The van der Waals surface area contributed by atoms with E-state index in [0.29, 0.717) is 6.42 Å². The molecule has 2 N–H and O–H groups in total. The number of hydrogen-bond donors (Lipinski definition) is 2. The molecular formula is C12H12F5NO2. The fourth-order valence-corrected chi connectivity index (χ4v) is 1.63. The second kappa shape index (κ2) is 6.65. The molecule has 0 aliphatic rings. The summed E-state index contributed by atoms with van der Waals surface area (Å²) in [5.41, 5.74) is -1.08. The van der Waals surface area contributed by atoms with E-state index in [4.69, 9.17) is 5.11 Å². The second-order valence-corrected chi connectivity index (χ2v) is 4.11. The predicted octanol–water partition coefficient (Wildman–Crippen LogP) is 2.73. The highest BCUT2D eigenvalue weighted by molar-refractivity contribution is 5.73. The highest BCUT2D eigenvalue weighted by atomic mass is 19.2. The molecule has 0 aromatic heterocycles. The fraction of sp³-hybridized carbons (Fsp3) is 0.417. The maximum atomic E-state index is 13.3. The Kier molecular flexibility index (Phi) is 5.43. The zero-order valence-electron chi connectivity index (χ0n) is 10.4. The summed E-state index contributed by atoms with van der Waals surface area (Å²) in [6.07, 6.45) is 0.631.